The lowest BCUT2D eigenvalue weighted by Gasteiger charge is -2.29. The number of carbonyl (C=O) groups is 3. The average molecular weight is 493 g/mol. The number of benzene rings is 2. The zero-order valence-electron chi connectivity index (χ0n) is 20.5. The second-order valence-corrected chi connectivity index (χ2v) is 8.91. The van der Waals surface area contributed by atoms with Gasteiger partial charge in [0, 0.05) is 23.8 Å². The van der Waals surface area contributed by atoms with Crippen molar-refractivity contribution in [1.29, 1.82) is 0 Å². The van der Waals surface area contributed by atoms with Crippen molar-refractivity contribution in [2.24, 2.45) is 5.92 Å². The fourth-order valence-corrected chi connectivity index (χ4v) is 3.97. The summed E-state index contributed by atoms with van der Waals surface area (Å²) in [6.45, 7) is 4.09. The quantitative estimate of drug-likeness (QED) is 0.445. The van der Waals surface area contributed by atoms with E-state index >= 15 is 0 Å². The van der Waals surface area contributed by atoms with E-state index in [1.165, 1.54) is 4.90 Å². The van der Waals surface area contributed by atoms with Gasteiger partial charge in [0.1, 0.15) is 18.7 Å². The van der Waals surface area contributed by atoms with Crippen molar-refractivity contribution < 1.29 is 24.2 Å². The van der Waals surface area contributed by atoms with Crippen molar-refractivity contribution >= 4 is 34.6 Å². The SMILES string of the molecule is CC(C)[C@H](NC(=O)OCc1ccccc1)C(=O)N1CCC[C@H]1C(=O)O.Nc1ccc2ncccc2c1. The number of nitrogens with two attached hydrogens (primary N) is 1. The van der Waals surface area contributed by atoms with E-state index in [2.05, 4.69) is 10.3 Å². The van der Waals surface area contributed by atoms with Crippen LogP contribution in [0.5, 0.6) is 0 Å². The number of aromatic nitrogens is 1. The van der Waals surface area contributed by atoms with E-state index in [0.29, 0.717) is 19.4 Å². The van der Waals surface area contributed by atoms with Gasteiger partial charge in [-0.25, -0.2) is 9.59 Å². The first-order valence-electron chi connectivity index (χ1n) is 11.9. The fourth-order valence-electron chi connectivity index (χ4n) is 3.97. The third-order valence-corrected chi connectivity index (χ3v) is 5.87. The summed E-state index contributed by atoms with van der Waals surface area (Å²) in [5.74, 6) is -1.58. The Morgan fingerprint density at radius 3 is 2.58 bits per heavy atom. The number of anilines is 1. The lowest BCUT2D eigenvalue weighted by molar-refractivity contribution is -0.149. The third-order valence-electron chi connectivity index (χ3n) is 5.87. The maximum Gasteiger partial charge on any atom is 0.408 e. The lowest BCUT2D eigenvalue weighted by Crippen LogP contribution is -2.53. The van der Waals surface area contributed by atoms with Gasteiger partial charge in [0.25, 0.3) is 0 Å². The van der Waals surface area contributed by atoms with E-state index in [4.69, 9.17) is 10.5 Å². The maximum atomic E-state index is 12.7. The van der Waals surface area contributed by atoms with E-state index in [0.717, 1.165) is 22.2 Å². The lowest BCUT2D eigenvalue weighted by atomic mass is 10.0. The Morgan fingerprint density at radius 1 is 1.14 bits per heavy atom. The van der Waals surface area contributed by atoms with Gasteiger partial charge in [0.05, 0.1) is 5.52 Å². The first kappa shape index (κ1) is 26.5. The zero-order valence-corrected chi connectivity index (χ0v) is 20.5. The molecule has 190 valence electrons. The number of hydrogen-bond donors (Lipinski definition) is 3. The molecule has 0 unspecified atom stereocenters. The summed E-state index contributed by atoms with van der Waals surface area (Å²) >= 11 is 0. The summed E-state index contributed by atoms with van der Waals surface area (Å²) in [6.07, 6.45) is 2.16. The van der Waals surface area contributed by atoms with Crippen LogP contribution in [0.3, 0.4) is 0 Å². The van der Waals surface area contributed by atoms with E-state index in [1.807, 2.05) is 60.7 Å². The van der Waals surface area contributed by atoms with Gasteiger partial charge in [0.15, 0.2) is 0 Å². The molecule has 2 heterocycles. The molecule has 4 rings (SSSR count). The van der Waals surface area contributed by atoms with Crippen LogP contribution >= 0.6 is 0 Å². The summed E-state index contributed by atoms with van der Waals surface area (Å²) in [5.41, 5.74) is 8.21. The molecule has 9 heteroatoms. The molecule has 0 radical (unpaired) electrons. The number of nitrogens with one attached hydrogen (secondary N) is 1. The minimum Gasteiger partial charge on any atom is -0.480 e. The van der Waals surface area contributed by atoms with Crippen LogP contribution in [-0.4, -0.2) is 51.6 Å². The van der Waals surface area contributed by atoms with Gasteiger partial charge >= 0.3 is 12.1 Å². The minimum absolute atomic E-state index is 0.104. The Bertz CT molecular complexity index is 1190. The zero-order chi connectivity index (χ0) is 26.1. The van der Waals surface area contributed by atoms with E-state index < -0.39 is 24.1 Å². The first-order chi connectivity index (χ1) is 17.3. The molecule has 2 aromatic carbocycles. The number of nitrogens with zero attached hydrogens (tertiary/aromatic N) is 2. The Kier molecular flexibility index (Phi) is 9.21. The van der Waals surface area contributed by atoms with Crippen LogP contribution in [0.25, 0.3) is 10.9 Å². The molecule has 0 bridgehead atoms. The number of carbonyl (C=O) groups excluding carboxylic acids is 2. The maximum absolute atomic E-state index is 12.7. The van der Waals surface area contributed by atoms with Gasteiger partial charge < -0.3 is 25.8 Å². The Morgan fingerprint density at radius 2 is 1.89 bits per heavy atom. The molecule has 1 saturated heterocycles. The topological polar surface area (TPSA) is 135 Å². The molecule has 1 aliphatic rings. The van der Waals surface area contributed by atoms with Crippen molar-refractivity contribution in [1.82, 2.24) is 15.2 Å². The van der Waals surface area contributed by atoms with Crippen molar-refractivity contribution in [2.45, 2.75) is 45.4 Å². The van der Waals surface area contributed by atoms with Crippen molar-refractivity contribution in [3.8, 4) is 0 Å². The highest BCUT2D eigenvalue weighted by atomic mass is 16.5. The number of rotatable bonds is 6. The summed E-state index contributed by atoms with van der Waals surface area (Å²) in [4.78, 5) is 41.5. The van der Waals surface area contributed by atoms with Gasteiger partial charge in [-0.15, -0.1) is 0 Å². The van der Waals surface area contributed by atoms with Crippen LogP contribution in [-0.2, 0) is 20.9 Å². The van der Waals surface area contributed by atoms with Gasteiger partial charge in [-0.05, 0) is 48.6 Å². The van der Waals surface area contributed by atoms with Crippen molar-refractivity contribution in [3.05, 3.63) is 72.4 Å². The molecule has 1 aliphatic heterocycles. The number of pyridine rings is 1. The standard InChI is InChI=1S/C18H24N2O5.C9H8N2/c1-12(2)15(16(21)20-10-6-9-14(20)17(22)23)19-18(24)25-11-13-7-4-3-5-8-13;10-8-3-4-9-7(6-8)2-1-5-11-9/h3-5,7-8,12,14-15H,6,9-11H2,1-2H3,(H,19,24)(H,22,23);1-6H,10H2/t14-,15-;/m0./s1. The van der Waals surface area contributed by atoms with Crippen LogP contribution in [0.1, 0.15) is 32.3 Å². The average Bonchev–Trinajstić information content (AvgIpc) is 3.37. The number of carboxylic acid groups (broad SMARTS) is 1. The minimum atomic E-state index is -1.01. The molecule has 1 aromatic heterocycles. The van der Waals surface area contributed by atoms with Crippen molar-refractivity contribution in [3.63, 3.8) is 0 Å². The number of amides is 2. The summed E-state index contributed by atoms with van der Waals surface area (Å²) < 4.78 is 5.16. The predicted octanol–water partition coefficient (Wildman–Crippen LogP) is 3.83. The van der Waals surface area contributed by atoms with Gasteiger partial charge in [-0.3, -0.25) is 9.78 Å². The Labute approximate surface area is 210 Å². The highest BCUT2D eigenvalue weighted by Crippen LogP contribution is 2.20. The molecular formula is C27H32N4O5. The molecular weight excluding hydrogens is 460 g/mol. The number of fused-ring (bicyclic) bond motifs is 1. The predicted molar refractivity (Wildman–Crippen MR) is 137 cm³/mol. The molecule has 3 aromatic rings. The summed E-state index contributed by atoms with van der Waals surface area (Å²) in [6, 6.07) is 17.2. The molecule has 1 fully saturated rings. The van der Waals surface area contributed by atoms with Crippen molar-refractivity contribution in [2.75, 3.05) is 12.3 Å². The number of aliphatic carboxylic acids is 1. The van der Waals surface area contributed by atoms with Crippen LogP contribution in [0.2, 0.25) is 0 Å². The van der Waals surface area contributed by atoms with Crippen LogP contribution < -0.4 is 11.1 Å². The number of alkyl carbamates (subject to hydrolysis) is 1. The van der Waals surface area contributed by atoms with Crippen LogP contribution in [0, 0.1) is 5.92 Å². The summed E-state index contributed by atoms with van der Waals surface area (Å²) in [7, 11) is 0. The monoisotopic (exact) mass is 492 g/mol. The largest absolute Gasteiger partial charge is 0.480 e. The highest BCUT2D eigenvalue weighted by molar-refractivity contribution is 5.90. The molecule has 0 aliphatic carbocycles. The smallest absolute Gasteiger partial charge is 0.408 e. The van der Waals surface area contributed by atoms with Gasteiger partial charge in [-0.1, -0.05) is 50.2 Å². The fraction of sp³-hybridized carbons (Fsp3) is 0.333. The second-order valence-electron chi connectivity index (χ2n) is 8.91. The van der Waals surface area contributed by atoms with Crippen LogP contribution in [0.15, 0.2) is 66.9 Å². The third kappa shape index (κ3) is 7.18. The van der Waals surface area contributed by atoms with E-state index in [1.54, 1.807) is 20.0 Å². The normalized spacial score (nSPS) is 15.6. The van der Waals surface area contributed by atoms with E-state index in [9.17, 15) is 19.5 Å². The summed E-state index contributed by atoms with van der Waals surface area (Å²) in [5, 5.41) is 12.9. The second kappa shape index (κ2) is 12.5. The molecule has 0 saturated carbocycles. The highest BCUT2D eigenvalue weighted by Gasteiger charge is 2.38. The molecule has 2 atom stereocenters. The molecule has 2 amide bonds. The van der Waals surface area contributed by atoms with Gasteiger partial charge in [0.2, 0.25) is 5.91 Å². The number of ether oxygens (including phenoxy) is 1. The van der Waals surface area contributed by atoms with E-state index in [-0.39, 0.29) is 18.4 Å². The first-order valence-corrected chi connectivity index (χ1v) is 11.9. The Balaban J connectivity index is 0.000000270. The van der Waals surface area contributed by atoms with Crippen LogP contribution in [0.4, 0.5) is 10.5 Å². The molecule has 4 N–H and O–H groups in total. The Hall–Kier alpha value is -4.14. The van der Waals surface area contributed by atoms with Gasteiger partial charge in [-0.2, -0.15) is 0 Å². The number of nitrogen functional groups attached to an aromatic ring is 1. The number of likely N-dealkylation sites (tertiary alicyclic amines) is 1. The molecule has 9 nitrogen and oxygen atoms in total. The molecule has 0 spiro atoms. The molecule has 36 heavy (non-hydrogen) atoms. The number of carboxylic acids is 1. The number of hydrogen-bond acceptors (Lipinski definition) is 6.